The van der Waals surface area contributed by atoms with Crippen molar-refractivity contribution in [2.75, 3.05) is 0 Å². The van der Waals surface area contributed by atoms with E-state index in [2.05, 4.69) is 5.32 Å². The Morgan fingerprint density at radius 1 is 0.826 bits per heavy atom. The molecule has 0 saturated heterocycles. The Kier molecular flexibility index (Phi) is 4.06. The number of carbonyl (C=O) groups excluding carboxylic acids is 2. The molecule has 23 heavy (non-hydrogen) atoms. The molecule has 4 heteroatoms. The summed E-state index contributed by atoms with van der Waals surface area (Å²) < 4.78 is 0. The average molecular weight is 304 g/mol. The number of nitrogens with two attached hydrogens (primary N) is 1. The Labute approximate surface area is 133 Å². The summed E-state index contributed by atoms with van der Waals surface area (Å²) in [6, 6.07) is 20.5. The highest BCUT2D eigenvalue weighted by atomic mass is 16.2. The van der Waals surface area contributed by atoms with Gasteiger partial charge < -0.3 is 11.1 Å². The number of rotatable bonds is 4. The molecule has 0 unspecified atom stereocenters. The van der Waals surface area contributed by atoms with Gasteiger partial charge in [-0.15, -0.1) is 0 Å². The molecular formula is C19H16N2O2. The molecule has 3 N–H and O–H groups in total. The van der Waals surface area contributed by atoms with E-state index in [0.717, 1.165) is 16.3 Å². The van der Waals surface area contributed by atoms with Gasteiger partial charge in [-0.05, 0) is 28.5 Å². The van der Waals surface area contributed by atoms with Gasteiger partial charge in [0.15, 0.2) is 0 Å². The van der Waals surface area contributed by atoms with Crippen LogP contribution in [0.3, 0.4) is 0 Å². The minimum Gasteiger partial charge on any atom is -0.366 e. The van der Waals surface area contributed by atoms with E-state index in [-0.39, 0.29) is 11.5 Å². The SMILES string of the molecule is NC(=O)c1ccccc1C(=O)NCc1cccc2ccccc12. The van der Waals surface area contributed by atoms with Crippen LogP contribution in [0.2, 0.25) is 0 Å². The average Bonchev–Trinajstić information content (AvgIpc) is 2.59. The van der Waals surface area contributed by atoms with Crippen LogP contribution in [-0.4, -0.2) is 11.8 Å². The molecule has 0 heterocycles. The lowest BCUT2D eigenvalue weighted by Gasteiger charge is -2.10. The van der Waals surface area contributed by atoms with Crippen molar-refractivity contribution in [1.82, 2.24) is 5.32 Å². The number of hydrogen-bond acceptors (Lipinski definition) is 2. The van der Waals surface area contributed by atoms with E-state index < -0.39 is 5.91 Å². The van der Waals surface area contributed by atoms with E-state index in [1.807, 2.05) is 42.5 Å². The fourth-order valence-electron chi connectivity index (χ4n) is 2.61. The monoisotopic (exact) mass is 304 g/mol. The minimum atomic E-state index is -0.610. The molecular weight excluding hydrogens is 288 g/mol. The van der Waals surface area contributed by atoms with Gasteiger partial charge in [0.1, 0.15) is 0 Å². The molecule has 0 radical (unpaired) electrons. The van der Waals surface area contributed by atoms with Crippen molar-refractivity contribution in [3.63, 3.8) is 0 Å². The standard InChI is InChI=1S/C19H16N2O2/c20-18(22)16-10-3-4-11-17(16)19(23)21-12-14-8-5-7-13-6-1-2-9-15(13)14/h1-11H,12H2,(H2,20,22)(H,21,23). The van der Waals surface area contributed by atoms with Crippen LogP contribution in [0.15, 0.2) is 66.7 Å². The molecule has 114 valence electrons. The lowest BCUT2D eigenvalue weighted by atomic mass is 10.0. The van der Waals surface area contributed by atoms with Gasteiger partial charge in [-0.2, -0.15) is 0 Å². The van der Waals surface area contributed by atoms with Gasteiger partial charge in [-0.25, -0.2) is 0 Å². The van der Waals surface area contributed by atoms with Crippen LogP contribution in [0.1, 0.15) is 26.3 Å². The third-order valence-corrected chi connectivity index (χ3v) is 3.76. The third-order valence-electron chi connectivity index (χ3n) is 3.76. The molecule has 3 rings (SSSR count). The van der Waals surface area contributed by atoms with Gasteiger partial charge in [-0.3, -0.25) is 9.59 Å². The Hall–Kier alpha value is -3.14. The molecule has 0 aromatic heterocycles. The Morgan fingerprint density at radius 2 is 1.48 bits per heavy atom. The highest BCUT2D eigenvalue weighted by molar-refractivity contribution is 6.06. The molecule has 0 fully saturated rings. The first-order valence-corrected chi connectivity index (χ1v) is 7.30. The van der Waals surface area contributed by atoms with Crippen molar-refractivity contribution in [3.8, 4) is 0 Å². The second-order valence-electron chi connectivity index (χ2n) is 5.23. The fourth-order valence-corrected chi connectivity index (χ4v) is 2.61. The lowest BCUT2D eigenvalue weighted by molar-refractivity contribution is 0.0934. The van der Waals surface area contributed by atoms with Gasteiger partial charge in [-0.1, -0.05) is 54.6 Å². The third kappa shape index (κ3) is 3.06. The molecule has 0 spiro atoms. The second-order valence-corrected chi connectivity index (χ2v) is 5.23. The molecule has 3 aromatic rings. The summed E-state index contributed by atoms with van der Waals surface area (Å²) in [6.45, 7) is 0.382. The molecule has 0 atom stereocenters. The topological polar surface area (TPSA) is 72.2 Å². The van der Waals surface area contributed by atoms with E-state index in [9.17, 15) is 9.59 Å². The Balaban J connectivity index is 1.83. The van der Waals surface area contributed by atoms with Gasteiger partial charge in [0, 0.05) is 6.54 Å². The van der Waals surface area contributed by atoms with Crippen LogP contribution in [0.25, 0.3) is 10.8 Å². The van der Waals surface area contributed by atoms with Crippen molar-refractivity contribution in [2.24, 2.45) is 5.73 Å². The van der Waals surface area contributed by atoms with Crippen molar-refractivity contribution >= 4 is 22.6 Å². The van der Waals surface area contributed by atoms with Crippen molar-refractivity contribution in [1.29, 1.82) is 0 Å². The van der Waals surface area contributed by atoms with Crippen molar-refractivity contribution in [2.45, 2.75) is 6.54 Å². The summed E-state index contributed by atoms with van der Waals surface area (Å²) in [5.41, 5.74) is 6.85. The number of benzene rings is 3. The normalized spacial score (nSPS) is 10.4. The summed E-state index contributed by atoms with van der Waals surface area (Å²) in [7, 11) is 0. The maximum atomic E-state index is 12.4. The van der Waals surface area contributed by atoms with Crippen molar-refractivity contribution in [3.05, 3.63) is 83.4 Å². The molecule has 0 aliphatic carbocycles. The first kappa shape index (κ1) is 14.8. The minimum absolute atomic E-state index is 0.225. The summed E-state index contributed by atoms with van der Waals surface area (Å²) in [5.74, 6) is -0.923. The largest absolute Gasteiger partial charge is 0.366 e. The van der Waals surface area contributed by atoms with Gasteiger partial charge in [0.2, 0.25) is 5.91 Å². The van der Waals surface area contributed by atoms with Crippen LogP contribution < -0.4 is 11.1 Å². The predicted octanol–water partition coefficient (Wildman–Crippen LogP) is 2.87. The first-order valence-electron chi connectivity index (χ1n) is 7.30. The van der Waals surface area contributed by atoms with Crippen LogP contribution >= 0.6 is 0 Å². The summed E-state index contributed by atoms with van der Waals surface area (Å²) in [5, 5.41) is 5.07. The number of primary amides is 1. The molecule has 0 aliphatic rings. The predicted molar refractivity (Wildman–Crippen MR) is 90.1 cm³/mol. The van der Waals surface area contributed by atoms with E-state index >= 15 is 0 Å². The van der Waals surface area contributed by atoms with Crippen LogP contribution in [0, 0.1) is 0 Å². The first-order chi connectivity index (χ1) is 11.2. The fraction of sp³-hybridized carbons (Fsp3) is 0.0526. The quantitative estimate of drug-likeness (QED) is 0.778. The Bertz CT molecular complexity index is 882. The van der Waals surface area contributed by atoms with E-state index in [1.54, 1.807) is 24.3 Å². The van der Waals surface area contributed by atoms with Gasteiger partial charge >= 0.3 is 0 Å². The van der Waals surface area contributed by atoms with Gasteiger partial charge in [0.05, 0.1) is 11.1 Å². The molecule has 0 saturated carbocycles. The van der Waals surface area contributed by atoms with E-state index in [4.69, 9.17) is 5.73 Å². The number of fused-ring (bicyclic) bond motifs is 1. The zero-order valence-electron chi connectivity index (χ0n) is 12.5. The zero-order valence-corrected chi connectivity index (χ0v) is 12.5. The highest BCUT2D eigenvalue weighted by Crippen LogP contribution is 2.18. The summed E-state index contributed by atoms with van der Waals surface area (Å²) >= 11 is 0. The maximum absolute atomic E-state index is 12.4. The Morgan fingerprint density at radius 3 is 2.26 bits per heavy atom. The molecule has 4 nitrogen and oxygen atoms in total. The van der Waals surface area contributed by atoms with Crippen molar-refractivity contribution < 1.29 is 9.59 Å². The smallest absolute Gasteiger partial charge is 0.252 e. The lowest BCUT2D eigenvalue weighted by Crippen LogP contribution is -2.26. The molecule has 0 aliphatic heterocycles. The van der Waals surface area contributed by atoms with Crippen LogP contribution in [-0.2, 0) is 6.54 Å². The number of hydrogen-bond donors (Lipinski definition) is 2. The highest BCUT2D eigenvalue weighted by Gasteiger charge is 2.14. The van der Waals surface area contributed by atoms with Gasteiger partial charge in [0.25, 0.3) is 5.91 Å². The zero-order chi connectivity index (χ0) is 16.2. The number of nitrogens with one attached hydrogen (secondary N) is 1. The number of amides is 2. The van der Waals surface area contributed by atoms with E-state index in [1.165, 1.54) is 0 Å². The molecule has 3 aromatic carbocycles. The van der Waals surface area contributed by atoms with E-state index in [0.29, 0.717) is 12.1 Å². The molecule has 0 bridgehead atoms. The maximum Gasteiger partial charge on any atom is 0.252 e. The van der Waals surface area contributed by atoms with Crippen LogP contribution in [0.5, 0.6) is 0 Å². The van der Waals surface area contributed by atoms with Crippen LogP contribution in [0.4, 0.5) is 0 Å². The second kappa shape index (κ2) is 6.32. The summed E-state index contributed by atoms with van der Waals surface area (Å²) in [4.78, 5) is 23.8. The summed E-state index contributed by atoms with van der Waals surface area (Å²) in [6.07, 6.45) is 0. The number of carbonyl (C=O) groups is 2. The molecule has 2 amide bonds.